The molecule has 1 aromatic rings. The van der Waals surface area contributed by atoms with E-state index in [1.54, 1.807) is 0 Å². The van der Waals surface area contributed by atoms with Gasteiger partial charge in [0.1, 0.15) is 6.33 Å². The molecule has 1 aliphatic carbocycles. The van der Waals surface area contributed by atoms with E-state index in [4.69, 9.17) is 5.73 Å². The lowest BCUT2D eigenvalue weighted by Gasteiger charge is -2.21. The van der Waals surface area contributed by atoms with Gasteiger partial charge in [-0.1, -0.05) is 32.1 Å². The zero-order chi connectivity index (χ0) is 11.4. The van der Waals surface area contributed by atoms with Crippen molar-refractivity contribution in [2.75, 3.05) is 0 Å². The standard InChI is InChI=1S/C12H18FN3/c13-12-10(15-8-16-11(12)7-14)6-9-4-2-1-3-5-9/h8-9H,1-7,14H2. The third-order valence-electron chi connectivity index (χ3n) is 3.33. The predicted molar refractivity (Wildman–Crippen MR) is 60.2 cm³/mol. The highest BCUT2D eigenvalue weighted by molar-refractivity contribution is 5.12. The summed E-state index contributed by atoms with van der Waals surface area (Å²) in [6.45, 7) is 0.145. The molecular weight excluding hydrogens is 205 g/mol. The van der Waals surface area contributed by atoms with Crippen molar-refractivity contribution in [3.63, 3.8) is 0 Å². The van der Waals surface area contributed by atoms with Gasteiger partial charge in [-0.25, -0.2) is 14.4 Å². The van der Waals surface area contributed by atoms with Crippen LogP contribution >= 0.6 is 0 Å². The Morgan fingerprint density at radius 2 is 1.88 bits per heavy atom. The first-order valence-electron chi connectivity index (χ1n) is 5.99. The summed E-state index contributed by atoms with van der Waals surface area (Å²) in [7, 11) is 0. The van der Waals surface area contributed by atoms with Crippen LogP contribution in [0.15, 0.2) is 6.33 Å². The summed E-state index contributed by atoms with van der Waals surface area (Å²) in [4.78, 5) is 7.88. The number of halogens is 1. The van der Waals surface area contributed by atoms with E-state index in [2.05, 4.69) is 9.97 Å². The number of hydrogen-bond acceptors (Lipinski definition) is 3. The number of nitrogens with zero attached hydrogens (tertiary/aromatic N) is 2. The minimum atomic E-state index is -0.296. The van der Waals surface area contributed by atoms with Gasteiger partial charge < -0.3 is 5.73 Å². The Labute approximate surface area is 95.3 Å². The van der Waals surface area contributed by atoms with Crippen molar-refractivity contribution in [1.29, 1.82) is 0 Å². The molecule has 88 valence electrons. The Morgan fingerprint density at radius 3 is 2.56 bits per heavy atom. The minimum absolute atomic E-state index is 0.145. The van der Waals surface area contributed by atoms with Gasteiger partial charge in [-0.3, -0.25) is 0 Å². The molecule has 1 aliphatic rings. The molecule has 0 radical (unpaired) electrons. The van der Waals surface area contributed by atoms with Crippen molar-refractivity contribution < 1.29 is 4.39 Å². The molecule has 4 heteroatoms. The van der Waals surface area contributed by atoms with Crippen LogP contribution in [-0.4, -0.2) is 9.97 Å². The highest BCUT2D eigenvalue weighted by atomic mass is 19.1. The summed E-state index contributed by atoms with van der Waals surface area (Å²) in [5.74, 6) is 0.291. The van der Waals surface area contributed by atoms with Crippen LogP contribution in [0.3, 0.4) is 0 Å². The van der Waals surface area contributed by atoms with Gasteiger partial charge in [0.2, 0.25) is 0 Å². The average molecular weight is 223 g/mol. The van der Waals surface area contributed by atoms with Crippen LogP contribution in [0, 0.1) is 11.7 Å². The number of nitrogens with two attached hydrogens (primary N) is 1. The second-order valence-corrected chi connectivity index (χ2v) is 4.49. The lowest BCUT2D eigenvalue weighted by atomic mass is 9.86. The monoisotopic (exact) mass is 223 g/mol. The molecule has 16 heavy (non-hydrogen) atoms. The fourth-order valence-corrected chi connectivity index (χ4v) is 2.40. The Morgan fingerprint density at radius 1 is 1.19 bits per heavy atom. The largest absolute Gasteiger partial charge is 0.325 e. The number of aromatic nitrogens is 2. The van der Waals surface area contributed by atoms with E-state index >= 15 is 0 Å². The molecule has 0 spiro atoms. The van der Waals surface area contributed by atoms with E-state index in [1.165, 1.54) is 38.4 Å². The molecule has 2 N–H and O–H groups in total. The van der Waals surface area contributed by atoms with Crippen molar-refractivity contribution in [2.24, 2.45) is 11.7 Å². The molecule has 1 aromatic heterocycles. The Kier molecular flexibility index (Phi) is 3.83. The summed E-state index contributed by atoms with van der Waals surface area (Å²) in [5, 5.41) is 0. The molecule has 0 bridgehead atoms. The first-order valence-corrected chi connectivity index (χ1v) is 5.99. The van der Waals surface area contributed by atoms with Gasteiger partial charge in [0.05, 0.1) is 11.4 Å². The van der Waals surface area contributed by atoms with Crippen LogP contribution in [0.4, 0.5) is 4.39 Å². The summed E-state index contributed by atoms with van der Waals surface area (Å²) in [6.07, 6.45) is 8.40. The highest BCUT2D eigenvalue weighted by Gasteiger charge is 2.18. The molecular formula is C12H18FN3. The fourth-order valence-electron chi connectivity index (χ4n) is 2.40. The van der Waals surface area contributed by atoms with Crippen LogP contribution in [0.25, 0.3) is 0 Å². The molecule has 1 fully saturated rings. The summed E-state index contributed by atoms with van der Waals surface area (Å²) < 4.78 is 13.8. The second kappa shape index (κ2) is 5.34. The van der Waals surface area contributed by atoms with Gasteiger partial charge in [0, 0.05) is 6.54 Å². The van der Waals surface area contributed by atoms with Crippen molar-refractivity contribution in [2.45, 2.75) is 45.1 Å². The number of hydrogen-bond donors (Lipinski definition) is 1. The lowest BCUT2D eigenvalue weighted by Crippen LogP contribution is -2.14. The minimum Gasteiger partial charge on any atom is -0.325 e. The first kappa shape index (κ1) is 11.5. The van der Waals surface area contributed by atoms with Crippen LogP contribution in [0.2, 0.25) is 0 Å². The third kappa shape index (κ3) is 2.55. The van der Waals surface area contributed by atoms with E-state index in [-0.39, 0.29) is 12.4 Å². The zero-order valence-electron chi connectivity index (χ0n) is 9.45. The smallest absolute Gasteiger partial charge is 0.167 e. The maximum Gasteiger partial charge on any atom is 0.167 e. The molecule has 0 unspecified atom stereocenters. The second-order valence-electron chi connectivity index (χ2n) is 4.49. The average Bonchev–Trinajstić information content (AvgIpc) is 2.33. The van der Waals surface area contributed by atoms with Crippen molar-refractivity contribution in [3.8, 4) is 0 Å². The van der Waals surface area contributed by atoms with Gasteiger partial charge >= 0.3 is 0 Å². The van der Waals surface area contributed by atoms with E-state index in [0.29, 0.717) is 17.3 Å². The van der Waals surface area contributed by atoms with Crippen LogP contribution in [0.1, 0.15) is 43.5 Å². The Bertz CT molecular complexity index is 348. The molecule has 1 saturated carbocycles. The van der Waals surface area contributed by atoms with Gasteiger partial charge in [0.15, 0.2) is 5.82 Å². The van der Waals surface area contributed by atoms with E-state index < -0.39 is 0 Å². The van der Waals surface area contributed by atoms with Crippen molar-refractivity contribution in [1.82, 2.24) is 9.97 Å². The van der Waals surface area contributed by atoms with E-state index in [0.717, 1.165) is 6.42 Å². The van der Waals surface area contributed by atoms with Crippen LogP contribution in [0.5, 0.6) is 0 Å². The SMILES string of the molecule is NCc1ncnc(CC2CCCCC2)c1F. The molecule has 0 saturated heterocycles. The highest BCUT2D eigenvalue weighted by Crippen LogP contribution is 2.27. The molecule has 0 atom stereocenters. The molecule has 2 rings (SSSR count). The molecule has 0 amide bonds. The van der Waals surface area contributed by atoms with Gasteiger partial charge in [-0.15, -0.1) is 0 Å². The van der Waals surface area contributed by atoms with Gasteiger partial charge in [-0.2, -0.15) is 0 Å². The molecule has 3 nitrogen and oxygen atoms in total. The maximum atomic E-state index is 13.8. The summed E-state index contributed by atoms with van der Waals surface area (Å²) in [5.41, 5.74) is 6.30. The lowest BCUT2D eigenvalue weighted by molar-refractivity contribution is 0.349. The predicted octanol–water partition coefficient (Wildman–Crippen LogP) is 2.20. The zero-order valence-corrected chi connectivity index (χ0v) is 9.45. The summed E-state index contributed by atoms with van der Waals surface area (Å²) in [6, 6.07) is 0. The van der Waals surface area contributed by atoms with E-state index in [9.17, 15) is 4.39 Å². The Balaban J connectivity index is 2.08. The first-order chi connectivity index (χ1) is 7.81. The number of rotatable bonds is 3. The topological polar surface area (TPSA) is 51.8 Å². The molecule has 1 heterocycles. The maximum absolute atomic E-state index is 13.8. The molecule has 0 aliphatic heterocycles. The third-order valence-corrected chi connectivity index (χ3v) is 3.33. The fraction of sp³-hybridized carbons (Fsp3) is 0.667. The van der Waals surface area contributed by atoms with Gasteiger partial charge in [-0.05, 0) is 12.3 Å². The van der Waals surface area contributed by atoms with Crippen molar-refractivity contribution >= 4 is 0 Å². The Hall–Kier alpha value is -1.03. The van der Waals surface area contributed by atoms with Gasteiger partial charge in [0.25, 0.3) is 0 Å². The quantitative estimate of drug-likeness (QED) is 0.854. The van der Waals surface area contributed by atoms with Crippen LogP contribution in [-0.2, 0) is 13.0 Å². The summed E-state index contributed by atoms with van der Waals surface area (Å²) >= 11 is 0. The van der Waals surface area contributed by atoms with Crippen molar-refractivity contribution in [3.05, 3.63) is 23.5 Å². The normalized spacial score (nSPS) is 17.6. The molecule has 0 aromatic carbocycles. The van der Waals surface area contributed by atoms with Crippen LogP contribution < -0.4 is 5.73 Å². The van der Waals surface area contributed by atoms with E-state index in [1.807, 2.05) is 0 Å².